The summed E-state index contributed by atoms with van der Waals surface area (Å²) in [5, 5.41) is 11.3. The standard InChI is InChI=1S/C34H53N5O7S/c1-20(2)24(36-30(44)38-33(14-9-8-10-15-33)19-47(45,46)31(3,4)5)29(43)39-18-22-23(32(22,6)7)25(39)27(41)37-34(16-11-17-34)26(40)28(42)35-21-12-13-21/h21-25H,1,8-19H2,2-7H3,(H,35,42)(H,37,41)(H2,36,38,44)/t22-,23-,24-,25-/m0/s1. The van der Waals surface area contributed by atoms with Crippen LogP contribution in [0.15, 0.2) is 12.2 Å². The number of hydrogen-bond acceptors (Lipinski definition) is 7. The van der Waals surface area contributed by atoms with Gasteiger partial charge in [-0.25, -0.2) is 13.2 Å². The van der Waals surface area contributed by atoms with Gasteiger partial charge in [-0.2, -0.15) is 0 Å². The Bertz CT molecular complexity index is 1450. The fourth-order valence-electron chi connectivity index (χ4n) is 7.84. The normalized spacial score (nSPS) is 27.7. The lowest BCUT2D eigenvalue weighted by Crippen LogP contribution is -2.66. The number of ketones is 1. The second kappa shape index (κ2) is 12.2. The number of fused-ring (bicyclic) bond motifs is 1. The molecule has 5 rings (SSSR count). The number of sulfone groups is 1. The van der Waals surface area contributed by atoms with Gasteiger partial charge in [0.25, 0.3) is 5.91 Å². The predicted molar refractivity (Wildman–Crippen MR) is 177 cm³/mol. The molecule has 47 heavy (non-hydrogen) atoms. The maximum atomic E-state index is 14.2. The SMILES string of the molecule is C=C(C)[C@H](NC(=O)NC1(CS(=O)(=O)C(C)(C)C)CCCCC1)C(=O)N1C[C@H]2[C@@H]([C@H]1C(=O)NC1(C(=O)C(=O)NC3CC3)CCC1)C2(C)C. The fraction of sp³-hybridized carbons (Fsp3) is 0.794. The number of likely N-dealkylation sites (tertiary alicyclic amines) is 1. The maximum Gasteiger partial charge on any atom is 0.316 e. The third-order valence-corrected chi connectivity index (χ3v) is 14.3. The second-order valence-electron chi connectivity index (χ2n) is 16.5. The highest BCUT2D eigenvalue weighted by Crippen LogP contribution is 2.65. The molecule has 1 heterocycles. The summed E-state index contributed by atoms with van der Waals surface area (Å²) in [5.74, 6) is -2.57. The second-order valence-corrected chi connectivity index (χ2v) is 19.2. The van der Waals surface area contributed by atoms with Crippen molar-refractivity contribution < 1.29 is 32.4 Å². The molecule has 0 aromatic carbocycles. The van der Waals surface area contributed by atoms with Crippen molar-refractivity contribution in [2.24, 2.45) is 17.3 Å². The Balaban J connectivity index is 1.32. The number of piperidine rings is 1. The zero-order chi connectivity index (χ0) is 34.7. The van der Waals surface area contributed by atoms with Gasteiger partial charge in [0.1, 0.15) is 17.6 Å². The summed E-state index contributed by atoms with van der Waals surface area (Å²) in [6.45, 7) is 14.9. The van der Waals surface area contributed by atoms with Crippen molar-refractivity contribution in [2.45, 2.75) is 140 Å². The van der Waals surface area contributed by atoms with Crippen molar-refractivity contribution in [1.82, 2.24) is 26.2 Å². The van der Waals surface area contributed by atoms with Gasteiger partial charge in [0.15, 0.2) is 9.84 Å². The molecule has 262 valence electrons. The van der Waals surface area contributed by atoms with Crippen LogP contribution in [0.1, 0.15) is 106 Å². The quantitative estimate of drug-likeness (QED) is 0.193. The lowest BCUT2D eigenvalue weighted by molar-refractivity contribution is -0.148. The molecule has 0 unspecified atom stereocenters. The van der Waals surface area contributed by atoms with Crippen LogP contribution in [0.5, 0.6) is 0 Å². The van der Waals surface area contributed by atoms with Gasteiger partial charge in [-0.3, -0.25) is 19.2 Å². The largest absolute Gasteiger partial charge is 0.347 e. The highest BCUT2D eigenvalue weighted by molar-refractivity contribution is 7.92. The molecule has 5 fully saturated rings. The lowest BCUT2D eigenvalue weighted by Gasteiger charge is -2.42. The summed E-state index contributed by atoms with van der Waals surface area (Å²) in [6.07, 6.45) is 6.60. The van der Waals surface area contributed by atoms with Crippen molar-refractivity contribution in [3.8, 4) is 0 Å². The number of amides is 5. The number of urea groups is 1. The molecule has 1 saturated heterocycles. The summed E-state index contributed by atoms with van der Waals surface area (Å²) < 4.78 is 25.5. The highest BCUT2D eigenvalue weighted by Gasteiger charge is 2.70. The van der Waals surface area contributed by atoms with Crippen molar-refractivity contribution in [1.29, 1.82) is 0 Å². The van der Waals surface area contributed by atoms with E-state index in [-0.39, 0.29) is 29.0 Å². The molecule has 0 radical (unpaired) electrons. The van der Waals surface area contributed by atoms with Gasteiger partial charge < -0.3 is 26.2 Å². The molecule has 0 spiro atoms. The molecule has 0 aromatic rings. The van der Waals surface area contributed by atoms with Gasteiger partial charge in [-0.1, -0.05) is 39.7 Å². The minimum Gasteiger partial charge on any atom is -0.347 e. The van der Waals surface area contributed by atoms with Gasteiger partial charge in [0.05, 0.1) is 16.0 Å². The van der Waals surface area contributed by atoms with Crippen LogP contribution >= 0.6 is 0 Å². The van der Waals surface area contributed by atoms with Gasteiger partial charge in [-0.05, 0) is 95.5 Å². The molecule has 5 aliphatic rings. The first-order chi connectivity index (χ1) is 21.7. The summed E-state index contributed by atoms with van der Waals surface area (Å²) in [6, 6.07) is -2.69. The van der Waals surface area contributed by atoms with Gasteiger partial charge >= 0.3 is 6.03 Å². The summed E-state index contributed by atoms with van der Waals surface area (Å²) in [7, 11) is -3.56. The van der Waals surface area contributed by atoms with E-state index in [1.165, 1.54) is 4.90 Å². The molecule has 1 aliphatic heterocycles. The molecule has 4 atom stereocenters. The van der Waals surface area contributed by atoms with Crippen LogP contribution in [0.4, 0.5) is 4.79 Å². The van der Waals surface area contributed by atoms with Crippen LogP contribution in [0.25, 0.3) is 0 Å². The number of hydrogen-bond donors (Lipinski definition) is 4. The molecular formula is C34H53N5O7S. The number of carbonyl (C=O) groups is 5. The fourth-order valence-corrected chi connectivity index (χ4v) is 9.36. The van der Waals surface area contributed by atoms with E-state index in [1.54, 1.807) is 27.7 Å². The Hall–Kier alpha value is -2.96. The molecule has 5 amide bonds. The number of nitrogens with one attached hydrogen (secondary N) is 4. The van der Waals surface area contributed by atoms with Crippen LogP contribution in [0.3, 0.4) is 0 Å². The van der Waals surface area contributed by atoms with Crippen molar-refractivity contribution in [3.05, 3.63) is 12.2 Å². The highest BCUT2D eigenvalue weighted by atomic mass is 32.2. The first kappa shape index (κ1) is 35.3. The van der Waals surface area contributed by atoms with E-state index in [0.29, 0.717) is 44.2 Å². The van der Waals surface area contributed by atoms with E-state index in [1.807, 2.05) is 0 Å². The van der Waals surface area contributed by atoms with E-state index in [4.69, 9.17) is 0 Å². The minimum absolute atomic E-state index is 0.00917. The molecule has 4 aliphatic carbocycles. The Morgan fingerprint density at radius 3 is 2.06 bits per heavy atom. The average molecular weight is 676 g/mol. The Morgan fingerprint density at radius 1 is 0.936 bits per heavy atom. The van der Waals surface area contributed by atoms with E-state index in [2.05, 4.69) is 41.7 Å². The van der Waals surface area contributed by atoms with Gasteiger partial charge in [-0.15, -0.1) is 0 Å². The van der Waals surface area contributed by atoms with Crippen LogP contribution in [-0.4, -0.2) is 89.1 Å². The van der Waals surface area contributed by atoms with Crippen molar-refractivity contribution in [2.75, 3.05) is 12.3 Å². The lowest BCUT2D eigenvalue weighted by atomic mass is 9.73. The average Bonchev–Trinajstić information content (AvgIpc) is 3.79. The number of rotatable bonds is 11. The topological polar surface area (TPSA) is 171 Å². The number of carbonyl (C=O) groups excluding carboxylic acids is 5. The molecule has 12 nitrogen and oxygen atoms in total. The maximum absolute atomic E-state index is 14.2. The Morgan fingerprint density at radius 2 is 1.55 bits per heavy atom. The van der Waals surface area contributed by atoms with Crippen LogP contribution in [0.2, 0.25) is 0 Å². The number of nitrogens with zero attached hydrogens (tertiary/aromatic N) is 1. The Labute approximate surface area is 278 Å². The minimum atomic E-state index is -3.56. The van der Waals surface area contributed by atoms with Crippen LogP contribution in [0, 0.1) is 17.3 Å². The zero-order valence-electron chi connectivity index (χ0n) is 28.8. The zero-order valence-corrected chi connectivity index (χ0v) is 29.6. The van der Waals surface area contributed by atoms with E-state index < -0.39 is 67.3 Å². The van der Waals surface area contributed by atoms with E-state index in [9.17, 15) is 32.4 Å². The third-order valence-electron chi connectivity index (χ3n) is 11.5. The first-order valence-electron chi connectivity index (χ1n) is 17.2. The summed E-state index contributed by atoms with van der Waals surface area (Å²) >= 11 is 0. The molecular weight excluding hydrogens is 622 g/mol. The molecule has 4 saturated carbocycles. The van der Waals surface area contributed by atoms with Gasteiger partial charge in [0, 0.05) is 12.6 Å². The van der Waals surface area contributed by atoms with E-state index in [0.717, 1.165) is 32.1 Å². The smallest absolute Gasteiger partial charge is 0.316 e. The first-order valence-corrected chi connectivity index (χ1v) is 18.8. The molecule has 4 N–H and O–H groups in total. The molecule has 13 heteroatoms. The monoisotopic (exact) mass is 675 g/mol. The summed E-state index contributed by atoms with van der Waals surface area (Å²) in [4.78, 5) is 69.1. The summed E-state index contributed by atoms with van der Waals surface area (Å²) in [5.41, 5.74) is -2.08. The van der Waals surface area contributed by atoms with Gasteiger partial charge in [0.2, 0.25) is 17.6 Å². The number of Topliss-reactive ketones (excluding diaryl/α,β-unsaturated/α-hetero) is 1. The Kier molecular flexibility index (Phi) is 9.16. The molecule has 0 bridgehead atoms. The molecule has 0 aromatic heterocycles. The third kappa shape index (κ3) is 6.83. The predicted octanol–water partition coefficient (Wildman–Crippen LogP) is 2.52. The van der Waals surface area contributed by atoms with Crippen LogP contribution < -0.4 is 21.3 Å². The van der Waals surface area contributed by atoms with Crippen molar-refractivity contribution in [3.63, 3.8) is 0 Å². The van der Waals surface area contributed by atoms with Crippen molar-refractivity contribution >= 4 is 39.4 Å². The van der Waals surface area contributed by atoms with E-state index >= 15 is 0 Å². The van der Waals surface area contributed by atoms with Crippen LogP contribution in [-0.2, 0) is 29.0 Å².